The number of hydrogen-bond donors (Lipinski definition) is 1. The van der Waals surface area contributed by atoms with Gasteiger partial charge in [-0.25, -0.2) is 0 Å². The largest absolute Gasteiger partial charge is 0.351 e. The molecule has 110 valence electrons. The Hall–Kier alpha value is -1.60. The van der Waals surface area contributed by atoms with Crippen LogP contribution in [0, 0.1) is 0 Å². The quantitative estimate of drug-likeness (QED) is 0.683. The Morgan fingerprint density at radius 2 is 1.14 bits per heavy atom. The summed E-state index contributed by atoms with van der Waals surface area (Å²) in [7, 11) is 0. The summed E-state index contributed by atoms with van der Waals surface area (Å²) in [5, 5.41) is 6.59. The standard InChI is InChI=1S/C18H15ClNPS/c19-15-11-13-16(14-12-15)20-21(22,17-7-3-1-4-8-17)18-9-5-2-6-10-18/h1-14H,(H,20,22). The van der Waals surface area contributed by atoms with Crippen LogP contribution < -0.4 is 15.7 Å². The normalized spacial score (nSPS) is 11.1. The molecule has 0 aromatic heterocycles. The van der Waals surface area contributed by atoms with E-state index in [9.17, 15) is 0 Å². The maximum atomic E-state index is 6.12. The zero-order chi connectivity index (χ0) is 15.4. The molecule has 0 amide bonds. The van der Waals surface area contributed by atoms with E-state index in [-0.39, 0.29) is 0 Å². The van der Waals surface area contributed by atoms with Crippen LogP contribution in [-0.4, -0.2) is 0 Å². The first-order valence-electron chi connectivity index (χ1n) is 6.94. The van der Waals surface area contributed by atoms with Gasteiger partial charge in [0.2, 0.25) is 0 Å². The van der Waals surface area contributed by atoms with Crippen molar-refractivity contribution in [3.63, 3.8) is 0 Å². The third-order valence-corrected chi connectivity index (χ3v) is 7.78. The van der Waals surface area contributed by atoms with E-state index in [0.717, 1.165) is 21.3 Å². The van der Waals surface area contributed by atoms with Crippen molar-refractivity contribution in [2.75, 3.05) is 5.09 Å². The molecule has 4 heteroatoms. The van der Waals surface area contributed by atoms with Gasteiger partial charge in [-0.1, -0.05) is 84.1 Å². The van der Waals surface area contributed by atoms with Crippen LogP contribution in [0.15, 0.2) is 84.9 Å². The number of benzene rings is 3. The molecule has 0 saturated heterocycles. The van der Waals surface area contributed by atoms with E-state index in [2.05, 4.69) is 29.4 Å². The summed E-state index contributed by atoms with van der Waals surface area (Å²) >= 11 is 12.1. The second kappa shape index (κ2) is 6.66. The maximum absolute atomic E-state index is 6.12. The molecule has 3 rings (SSSR count). The van der Waals surface area contributed by atoms with Gasteiger partial charge < -0.3 is 5.09 Å². The highest BCUT2D eigenvalue weighted by Gasteiger charge is 2.21. The molecule has 0 unspecified atom stereocenters. The molecule has 0 fully saturated rings. The second-order valence-electron chi connectivity index (χ2n) is 4.90. The van der Waals surface area contributed by atoms with Gasteiger partial charge in [-0.2, -0.15) is 0 Å². The molecule has 3 aromatic rings. The number of nitrogens with one attached hydrogen (secondary N) is 1. The Balaban J connectivity index is 2.08. The summed E-state index contributed by atoms with van der Waals surface area (Å²) in [6.45, 7) is 0. The van der Waals surface area contributed by atoms with E-state index >= 15 is 0 Å². The van der Waals surface area contributed by atoms with Crippen molar-refractivity contribution in [3.8, 4) is 0 Å². The summed E-state index contributed by atoms with van der Waals surface area (Å²) in [5.74, 6) is 0. The van der Waals surface area contributed by atoms with Crippen molar-refractivity contribution >= 4 is 45.9 Å². The lowest BCUT2D eigenvalue weighted by molar-refractivity contribution is 1.66. The highest BCUT2D eigenvalue weighted by Crippen LogP contribution is 2.43. The summed E-state index contributed by atoms with van der Waals surface area (Å²) in [6.07, 6.45) is -2.12. The van der Waals surface area contributed by atoms with E-state index in [1.165, 1.54) is 0 Å². The molecule has 0 aliphatic heterocycles. The highest BCUT2D eigenvalue weighted by molar-refractivity contribution is 8.22. The zero-order valence-electron chi connectivity index (χ0n) is 11.8. The smallest absolute Gasteiger partial charge is 0.0903 e. The molecule has 0 bridgehead atoms. The molecule has 0 aliphatic carbocycles. The lowest BCUT2D eigenvalue weighted by Crippen LogP contribution is -2.21. The number of anilines is 1. The van der Waals surface area contributed by atoms with Crippen LogP contribution in [0.3, 0.4) is 0 Å². The molecule has 0 saturated carbocycles. The van der Waals surface area contributed by atoms with Crippen molar-refractivity contribution in [2.45, 2.75) is 0 Å². The Morgan fingerprint density at radius 1 is 0.682 bits per heavy atom. The van der Waals surface area contributed by atoms with Crippen molar-refractivity contribution in [1.82, 2.24) is 0 Å². The van der Waals surface area contributed by atoms with Crippen LogP contribution in [-0.2, 0) is 11.8 Å². The van der Waals surface area contributed by atoms with Gasteiger partial charge in [-0.15, -0.1) is 0 Å². The molecule has 0 heterocycles. The van der Waals surface area contributed by atoms with Crippen LogP contribution in [0.2, 0.25) is 5.02 Å². The van der Waals surface area contributed by atoms with E-state index in [1.54, 1.807) is 0 Å². The predicted molar refractivity (Wildman–Crippen MR) is 102 cm³/mol. The first kappa shape index (κ1) is 15.3. The van der Waals surface area contributed by atoms with Crippen molar-refractivity contribution in [2.24, 2.45) is 0 Å². The summed E-state index contributed by atoms with van der Waals surface area (Å²) < 4.78 is 0. The van der Waals surface area contributed by atoms with E-state index in [0.29, 0.717) is 0 Å². The molecule has 0 spiro atoms. The fourth-order valence-electron chi connectivity index (χ4n) is 2.26. The highest BCUT2D eigenvalue weighted by atomic mass is 35.5. The van der Waals surface area contributed by atoms with Crippen molar-refractivity contribution in [3.05, 3.63) is 90.0 Å². The Kier molecular flexibility index (Phi) is 4.63. The fourth-order valence-corrected chi connectivity index (χ4v) is 5.69. The first-order chi connectivity index (χ1) is 10.7. The van der Waals surface area contributed by atoms with E-state index in [4.69, 9.17) is 23.4 Å². The van der Waals surface area contributed by atoms with Crippen molar-refractivity contribution < 1.29 is 0 Å². The molecule has 0 aliphatic rings. The van der Waals surface area contributed by atoms with Gasteiger partial charge in [0.1, 0.15) is 0 Å². The van der Waals surface area contributed by atoms with Crippen LogP contribution in [0.1, 0.15) is 0 Å². The number of rotatable bonds is 4. The molecular formula is C18H15ClNPS. The van der Waals surface area contributed by atoms with Gasteiger partial charge in [0.25, 0.3) is 0 Å². The topological polar surface area (TPSA) is 12.0 Å². The molecule has 0 radical (unpaired) electrons. The van der Waals surface area contributed by atoms with Crippen LogP contribution in [0.25, 0.3) is 0 Å². The summed E-state index contributed by atoms with van der Waals surface area (Å²) in [4.78, 5) is 0. The molecule has 1 N–H and O–H groups in total. The minimum atomic E-state index is -2.12. The number of halogens is 1. The van der Waals surface area contributed by atoms with Crippen LogP contribution >= 0.6 is 17.8 Å². The van der Waals surface area contributed by atoms with Gasteiger partial charge in [0.15, 0.2) is 0 Å². The van der Waals surface area contributed by atoms with Gasteiger partial charge >= 0.3 is 0 Å². The lowest BCUT2D eigenvalue weighted by Gasteiger charge is -2.25. The maximum Gasteiger partial charge on any atom is 0.0903 e. The predicted octanol–water partition coefficient (Wildman–Crippen LogP) is 4.80. The fraction of sp³-hybridized carbons (Fsp3) is 0. The Labute approximate surface area is 141 Å². The minimum Gasteiger partial charge on any atom is -0.351 e. The van der Waals surface area contributed by atoms with Gasteiger partial charge in [0.05, 0.1) is 6.19 Å². The van der Waals surface area contributed by atoms with Crippen molar-refractivity contribution in [1.29, 1.82) is 0 Å². The molecular weight excluding hydrogens is 329 g/mol. The monoisotopic (exact) mass is 343 g/mol. The van der Waals surface area contributed by atoms with Gasteiger partial charge in [0, 0.05) is 21.3 Å². The second-order valence-corrected chi connectivity index (χ2v) is 9.45. The minimum absolute atomic E-state index is 0.721. The average Bonchev–Trinajstić information content (AvgIpc) is 2.58. The average molecular weight is 344 g/mol. The third kappa shape index (κ3) is 3.25. The molecule has 3 aromatic carbocycles. The van der Waals surface area contributed by atoms with E-state index in [1.807, 2.05) is 60.7 Å². The van der Waals surface area contributed by atoms with Crippen LogP contribution in [0.5, 0.6) is 0 Å². The first-order valence-corrected chi connectivity index (χ1v) is 10.1. The Bertz CT molecular complexity index is 745. The molecule has 1 nitrogen and oxygen atoms in total. The summed E-state index contributed by atoms with van der Waals surface area (Å²) in [5.41, 5.74) is 0.987. The van der Waals surface area contributed by atoms with E-state index < -0.39 is 6.19 Å². The van der Waals surface area contributed by atoms with Gasteiger partial charge in [-0.3, -0.25) is 0 Å². The zero-order valence-corrected chi connectivity index (χ0v) is 14.3. The lowest BCUT2D eigenvalue weighted by atomic mass is 10.3. The van der Waals surface area contributed by atoms with Gasteiger partial charge in [-0.05, 0) is 24.3 Å². The summed E-state index contributed by atoms with van der Waals surface area (Å²) in [6, 6.07) is 28.2. The third-order valence-electron chi connectivity index (χ3n) is 3.37. The molecule has 22 heavy (non-hydrogen) atoms. The SMILES string of the molecule is S=P(Nc1ccc(Cl)cc1)(c1ccccc1)c1ccccc1. The van der Waals surface area contributed by atoms with Crippen LogP contribution in [0.4, 0.5) is 5.69 Å². The number of hydrogen-bond acceptors (Lipinski definition) is 1. The Morgan fingerprint density at radius 3 is 1.59 bits per heavy atom. The molecule has 0 atom stereocenters.